The molecule has 1 aromatic carbocycles. The lowest BCUT2D eigenvalue weighted by Crippen LogP contribution is -2.04. The quantitative estimate of drug-likeness (QED) is 0.662. The number of hydrogen-bond donors (Lipinski definition) is 1. The van der Waals surface area contributed by atoms with Crippen molar-refractivity contribution in [3.8, 4) is 0 Å². The van der Waals surface area contributed by atoms with E-state index in [1.165, 1.54) is 7.11 Å². The van der Waals surface area contributed by atoms with Gasteiger partial charge in [-0.2, -0.15) is 0 Å². The molecule has 0 bridgehead atoms. The van der Waals surface area contributed by atoms with Crippen molar-refractivity contribution in [1.82, 2.24) is 0 Å². The molecule has 1 rings (SSSR count). The van der Waals surface area contributed by atoms with E-state index < -0.39 is 12.1 Å². The molecule has 1 aromatic rings. The van der Waals surface area contributed by atoms with Crippen molar-refractivity contribution in [2.75, 3.05) is 12.2 Å². The molecule has 0 heterocycles. The first-order valence-corrected chi connectivity index (χ1v) is 6.83. The maximum atomic E-state index is 11.9. The second kappa shape index (κ2) is 5.22. The molecular weight excluding hydrogens is 256 g/mol. The van der Waals surface area contributed by atoms with E-state index in [1.807, 2.05) is 19.1 Å². The number of anilines is 1. The summed E-state index contributed by atoms with van der Waals surface area (Å²) in [7, 11) is -1.92. The van der Waals surface area contributed by atoms with Gasteiger partial charge in [-0.1, -0.05) is 40.9 Å². The van der Waals surface area contributed by atoms with Gasteiger partial charge < -0.3 is 9.61 Å². The first kappa shape index (κ1) is 12.9. The smallest absolute Gasteiger partial charge is 0.315 e. The Balaban J connectivity index is 2.84. The Labute approximate surface area is 99.2 Å². The number of nitrogens with one attached hydrogen (secondary N) is 1. The Morgan fingerprint density at radius 1 is 1.33 bits per heavy atom. The summed E-state index contributed by atoms with van der Waals surface area (Å²) in [5.41, 5.74) is 1.78. The van der Waals surface area contributed by atoms with Crippen LogP contribution in [0, 0.1) is 6.92 Å². The molecule has 0 amide bonds. The van der Waals surface area contributed by atoms with Crippen LogP contribution in [0.2, 0.25) is 0 Å². The van der Waals surface area contributed by atoms with Crippen molar-refractivity contribution in [3.63, 3.8) is 0 Å². The van der Waals surface area contributed by atoms with Gasteiger partial charge in [0.1, 0.15) is 0 Å². The highest BCUT2D eigenvalue weighted by Crippen LogP contribution is 2.54. The highest BCUT2D eigenvalue weighted by Gasteiger charge is 2.30. The second-order valence-electron chi connectivity index (χ2n) is 3.04. The Morgan fingerprint density at radius 2 is 1.87 bits per heavy atom. The zero-order chi connectivity index (χ0) is 11.5. The predicted molar refractivity (Wildman–Crippen MR) is 64.9 cm³/mol. The topological polar surface area (TPSA) is 38.3 Å². The van der Waals surface area contributed by atoms with Gasteiger partial charge in [0.15, 0.2) is 0 Å². The minimum absolute atomic E-state index is 0.664. The number of rotatable bonds is 4. The molecule has 0 spiro atoms. The van der Waals surface area contributed by atoms with E-state index in [4.69, 9.17) is 27.7 Å². The van der Waals surface area contributed by atoms with Crippen LogP contribution in [0.3, 0.4) is 0 Å². The molecule has 0 aliphatic heterocycles. The zero-order valence-corrected chi connectivity index (χ0v) is 10.8. The van der Waals surface area contributed by atoms with Crippen LogP contribution in [-0.2, 0) is 9.09 Å². The fourth-order valence-electron chi connectivity index (χ4n) is 0.982. The van der Waals surface area contributed by atoms with Crippen LogP contribution in [0.5, 0.6) is 0 Å². The third kappa shape index (κ3) is 3.39. The fraction of sp³-hybridized carbons (Fsp3) is 0.333. The minimum atomic E-state index is -3.23. The summed E-state index contributed by atoms with van der Waals surface area (Å²) in [6.45, 7) is 1.96. The van der Waals surface area contributed by atoms with Crippen LogP contribution in [0.15, 0.2) is 24.3 Å². The first-order valence-electron chi connectivity index (χ1n) is 4.26. The van der Waals surface area contributed by atoms with Crippen molar-refractivity contribution >= 4 is 36.4 Å². The first-order chi connectivity index (χ1) is 6.98. The summed E-state index contributed by atoms with van der Waals surface area (Å²) in [5.74, 6) is 0. The monoisotopic (exact) mass is 267 g/mol. The predicted octanol–water partition coefficient (Wildman–Crippen LogP) is 4.01. The summed E-state index contributed by atoms with van der Waals surface area (Å²) in [4.78, 5) is 0. The van der Waals surface area contributed by atoms with E-state index >= 15 is 0 Å². The van der Waals surface area contributed by atoms with Gasteiger partial charge in [0.2, 0.25) is 4.58 Å². The van der Waals surface area contributed by atoms with Crippen molar-refractivity contribution < 1.29 is 9.09 Å². The lowest BCUT2D eigenvalue weighted by atomic mass is 10.2. The molecular formula is C9H12Cl2NO2P. The van der Waals surface area contributed by atoms with Gasteiger partial charge >= 0.3 is 7.52 Å². The minimum Gasteiger partial charge on any atom is -0.315 e. The number of alkyl halides is 2. The van der Waals surface area contributed by atoms with Gasteiger partial charge in [0.05, 0.1) is 0 Å². The van der Waals surface area contributed by atoms with Gasteiger partial charge in [-0.25, -0.2) is 0 Å². The van der Waals surface area contributed by atoms with E-state index in [1.54, 1.807) is 12.1 Å². The molecule has 0 fully saturated rings. The second-order valence-corrected chi connectivity index (χ2v) is 7.04. The van der Waals surface area contributed by atoms with Crippen LogP contribution in [0.25, 0.3) is 0 Å². The maximum Gasteiger partial charge on any atom is 0.325 e. The third-order valence-electron chi connectivity index (χ3n) is 1.86. The van der Waals surface area contributed by atoms with Crippen LogP contribution in [0.1, 0.15) is 5.56 Å². The van der Waals surface area contributed by atoms with Crippen LogP contribution in [0.4, 0.5) is 5.69 Å². The average molecular weight is 268 g/mol. The van der Waals surface area contributed by atoms with Crippen LogP contribution in [-0.4, -0.2) is 11.7 Å². The van der Waals surface area contributed by atoms with Crippen molar-refractivity contribution in [2.45, 2.75) is 11.5 Å². The summed E-state index contributed by atoms with van der Waals surface area (Å²) in [6.07, 6.45) is 0. The summed E-state index contributed by atoms with van der Waals surface area (Å²) in [5, 5.41) is 2.70. The summed E-state index contributed by atoms with van der Waals surface area (Å²) >= 11 is 11.2. The lowest BCUT2D eigenvalue weighted by molar-refractivity contribution is 0.400. The number of hydrogen-bond acceptors (Lipinski definition) is 2. The molecule has 1 N–H and O–H groups in total. The lowest BCUT2D eigenvalue weighted by Gasteiger charge is -2.19. The molecule has 0 radical (unpaired) electrons. The molecule has 0 aromatic heterocycles. The molecule has 84 valence electrons. The van der Waals surface area contributed by atoms with Crippen molar-refractivity contribution in [1.29, 1.82) is 0 Å². The largest absolute Gasteiger partial charge is 0.325 e. The number of aryl methyl sites for hydroxylation is 1. The van der Waals surface area contributed by atoms with E-state index in [2.05, 4.69) is 5.09 Å². The van der Waals surface area contributed by atoms with Gasteiger partial charge in [-0.15, -0.1) is 0 Å². The molecule has 15 heavy (non-hydrogen) atoms. The zero-order valence-electron chi connectivity index (χ0n) is 8.41. The average Bonchev–Trinajstić information content (AvgIpc) is 2.21. The number of benzene rings is 1. The van der Waals surface area contributed by atoms with Crippen LogP contribution >= 0.6 is 30.7 Å². The SMILES string of the molecule is COP(=O)(Nc1ccc(C)cc1)C(Cl)Cl. The number of halogens is 2. The van der Waals surface area contributed by atoms with E-state index in [9.17, 15) is 4.57 Å². The molecule has 1 atom stereocenters. The summed E-state index contributed by atoms with van der Waals surface area (Å²) < 4.78 is 15.7. The molecule has 0 aliphatic carbocycles. The van der Waals surface area contributed by atoms with Gasteiger partial charge in [-0.3, -0.25) is 4.57 Å². The standard InChI is InChI=1S/C9H12Cl2NO2P/c1-7-3-5-8(6-4-7)12-15(13,14-2)9(10)11/h3-6,9H,1-2H3,(H,12,13). The van der Waals surface area contributed by atoms with E-state index in [0.29, 0.717) is 5.69 Å². The fourth-order valence-corrected chi connectivity index (χ4v) is 2.61. The molecule has 0 saturated carbocycles. The van der Waals surface area contributed by atoms with Gasteiger partial charge in [0, 0.05) is 12.8 Å². The van der Waals surface area contributed by atoms with E-state index in [0.717, 1.165) is 5.56 Å². The summed E-state index contributed by atoms with van der Waals surface area (Å²) in [6, 6.07) is 7.36. The maximum absolute atomic E-state index is 11.9. The van der Waals surface area contributed by atoms with Crippen molar-refractivity contribution in [2.24, 2.45) is 0 Å². The highest BCUT2D eigenvalue weighted by molar-refractivity contribution is 7.64. The highest BCUT2D eigenvalue weighted by atomic mass is 35.5. The Kier molecular flexibility index (Phi) is 4.47. The Hall–Kier alpha value is -0.210. The van der Waals surface area contributed by atoms with E-state index in [-0.39, 0.29) is 0 Å². The third-order valence-corrected chi connectivity index (χ3v) is 5.03. The molecule has 3 nitrogen and oxygen atoms in total. The molecule has 0 saturated heterocycles. The molecule has 6 heteroatoms. The Bertz CT molecular complexity index is 367. The normalized spacial score (nSPS) is 15.0. The van der Waals surface area contributed by atoms with Gasteiger partial charge in [0.25, 0.3) is 0 Å². The molecule has 1 unspecified atom stereocenters. The van der Waals surface area contributed by atoms with Crippen LogP contribution < -0.4 is 5.09 Å². The Morgan fingerprint density at radius 3 is 2.27 bits per heavy atom. The van der Waals surface area contributed by atoms with Crippen molar-refractivity contribution in [3.05, 3.63) is 29.8 Å². The van der Waals surface area contributed by atoms with Gasteiger partial charge in [-0.05, 0) is 19.1 Å². The molecule has 0 aliphatic rings.